The SMILES string of the molecule is CC(C)Nc1c(Cl)cc(Br)cc1Cl. The highest BCUT2D eigenvalue weighted by Crippen LogP contribution is 2.34. The summed E-state index contributed by atoms with van der Waals surface area (Å²) in [6.07, 6.45) is 0. The molecule has 0 saturated heterocycles. The van der Waals surface area contributed by atoms with Crippen LogP contribution in [0.25, 0.3) is 0 Å². The second kappa shape index (κ2) is 4.54. The second-order valence-electron chi connectivity index (χ2n) is 3.04. The van der Waals surface area contributed by atoms with E-state index in [1.165, 1.54) is 0 Å². The predicted octanol–water partition coefficient (Wildman–Crippen LogP) is 4.58. The van der Waals surface area contributed by atoms with E-state index in [2.05, 4.69) is 21.2 Å². The first-order valence-corrected chi connectivity index (χ1v) is 5.46. The molecule has 0 fully saturated rings. The van der Waals surface area contributed by atoms with Gasteiger partial charge in [0.2, 0.25) is 0 Å². The van der Waals surface area contributed by atoms with Crippen molar-refractivity contribution in [3.05, 3.63) is 26.7 Å². The van der Waals surface area contributed by atoms with Crippen molar-refractivity contribution in [1.82, 2.24) is 0 Å². The van der Waals surface area contributed by atoms with Crippen molar-refractivity contribution < 1.29 is 0 Å². The highest BCUT2D eigenvalue weighted by molar-refractivity contribution is 9.10. The van der Waals surface area contributed by atoms with Gasteiger partial charge in [0, 0.05) is 10.5 Å². The molecule has 1 nitrogen and oxygen atoms in total. The highest BCUT2D eigenvalue weighted by Gasteiger charge is 2.07. The molecule has 13 heavy (non-hydrogen) atoms. The van der Waals surface area contributed by atoms with Gasteiger partial charge in [-0.15, -0.1) is 0 Å². The number of hydrogen-bond acceptors (Lipinski definition) is 1. The van der Waals surface area contributed by atoms with Gasteiger partial charge in [-0.25, -0.2) is 0 Å². The quantitative estimate of drug-likeness (QED) is 0.837. The van der Waals surface area contributed by atoms with Gasteiger partial charge in [0.05, 0.1) is 15.7 Å². The molecule has 1 aromatic rings. The highest BCUT2D eigenvalue weighted by atomic mass is 79.9. The van der Waals surface area contributed by atoms with E-state index < -0.39 is 0 Å². The number of halogens is 3. The van der Waals surface area contributed by atoms with Gasteiger partial charge < -0.3 is 5.32 Å². The zero-order chi connectivity index (χ0) is 10.0. The Balaban J connectivity index is 3.06. The standard InChI is InChI=1S/C9H10BrCl2N/c1-5(2)13-9-7(11)3-6(10)4-8(9)12/h3-5,13H,1-2H3. The lowest BCUT2D eigenvalue weighted by Gasteiger charge is -2.13. The monoisotopic (exact) mass is 281 g/mol. The van der Waals surface area contributed by atoms with Crippen LogP contribution in [0.3, 0.4) is 0 Å². The Morgan fingerprint density at radius 3 is 2.08 bits per heavy atom. The summed E-state index contributed by atoms with van der Waals surface area (Å²) in [6, 6.07) is 3.95. The van der Waals surface area contributed by atoms with Crippen LogP contribution in [0.15, 0.2) is 16.6 Å². The van der Waals surface area contributed by atoms with Crippen molar-refractivity contribution in [1.29, 1.82) is 0 Å². The van der Waals surface area contributed by atoms with Crippen LogP contribution in [0.1, 0.15) is 13.8 Å². The molecule has 0 unspecified atom stereocenters. The smallest absolute Gasteiger partial charge is 0.0721 e. The van der Waals surface area contributed by atoms with Crippen molar-refractivity contribution >= 4 is 44.8 Å². The fourth-order valence-corrected chi connectivity index (χ4v) is 2.29. The number of hydrogen-bond donors (Lipinski definition) is 1. The van der Waals surface area contributed by atoms with Crippen molar-refractivity contribution in [3.63, 3.8) is 0 Å². The summed E-state index contributed by atoms with van der Waals surface area (Å²) < 4.78 is 0.886. The van der Waals surface area contributed by atoms with E-state index >= 15 is 0 Å². The third-order valence-electron chi connectivity index (χ3n) is 1.44. The van der Waals surface area contributed by atoms with Crippen LogP contribution in [0.5, 0.6) is 0 Å². The number of anilines is 1. The van der Waals surface area contributed by atoms with Gasteiger partial charge in [-0.3, -0.25) is 0 Å². The maximum Gasteiger partial charge on any atom is 0.0721 e. The largest absolute Gasteiger partial charge is 0.380 e. The zero-order valence-electron chi connectivity index (χ0n) is 7.37. The molecule has 72 valence electrons. The molecule has 1 rings (SSSR count). The molecular formula is C9H10BrCl2N. The van der Waals surface area contributed by atoms with E-state index in [1.807, 2.05) is 26.0 Å². The summed E-state index contributed by atoms with van der Waals surface area (Å²) in [4.78, 5) is 0. The first-order chi connectivity index (χ1) is 6.00. The average molecular weight is 283 g/mol. The summed E-state index contributed by atoms with van der Waals surface area (Å²) in [5.41, 5.74) is 0.793. The fourth-order valence-electron chi connectivity index (χ4n) is 0.969. The summed E-state index contributed by atoms with van der Waals surface area (Å²) in [6.45, 7) is 4.07. The minimum atomic E-state index is 0.316. The molecule has 0 aliphatic rings. The van der Waals surface area contributed by atoms with Gasteiger partial charge >= 0.3 is 0 Å². The minimum absolute atomic E-state index is 0.316. The lowest BCUT2D eigenvalue weighted by atomic mass is 10.3. The summed E-state index contributed by atoms with van der Waals surface area (Å²) in [5.74, 6) is 0. The Morgan fingerprint density at radius 1 is 1.23 bits per heavy atom. The first kappa shape index (κ1) is 11.2. The van der Waals surface area contributed by atoms with E-state index in [0.29, 0.717) is 16.1 Å². The van der Waals surface area contributed by atoms with Gasteiger partial charge in [0.1, 0.15) is 0 Å². The van der Waals surface area contributed by atoms with E-state index in [0.717, 1.165) is 10.2 Å². The Bertz CT molecular complexity index is 289. The zero-order valence-corrected chi connectivity index (χ0v) is 10.5. The Morgan fingerprint density at radius 2 is 1.69 bits per heavy atom. The third-order valence-corrected chi connectivity index (χ3v) is 2.49. The third kappa shape index (κ3) is 3.04. The van der Waals surface area contributed by atoms with Crippen molar-refractivity contribution in [2.45, 2.75) is 19.9 Å². The van der Waals surface area contributed by atoms with E-state index in [1.54, 1.807) is 0 Å². The van der Waals surface area contributed by atoms with Crippen LogP contribution in [0, 0.1) is 0 Å². The molecule has 0 atom stereocenters. The van der Waals surface area contributed by atoms with Gasteiger partial charge in [-0.05, 0) is 26.0 Å². The maximum absolute atomic E-state index is 6.00. The van der Waals surface area contributed by atoms with Crippen LogP contribution < -0.4 is 5.32 Å². The molecule has 1 N–H and O–H groups in total. The Labute approximate surface area is 96.6 Å². The molecule has 0 amide bonds. The van der Waals surface area contributed by atoms with Gasteiger partial charge in [-0.1, -0.05) is 39.1 Å². The second-order valence-corrected chi connectivity index (χ2v) is 4.77. The minimum Gasteiger partial charge on any atom is -0.380 e. The topological polar surface area (TPSA) is 12.0 Å². The Kier molecular flexibility index (Phi) is 3.89. The summed E-state index contributed by atoms with van der Waals surface area (Å²) >= 11 is 15.3. The van der Waals surface area contributed by atoms with E-state index in [4.69, 9.17) is 23.2 Å². The van der Waals surface area contributed by atoms with Crippen LogP contribution in [-0.4, -0.2) is 6.04 Å². The fraction of sp³-hybridized carbons (Fsp3) is 0.333. The molecule has 1 aromatic carbocycles. The molecule has 0 bridgehead atoms. The van der Waals surface area contributed by atoms with Crippen molar-refractivity contribution in [3.8, 4) is 0 Å². The molecule has 0 radical (unpaired) electrons. The van der Waals surface area contributed by atoms with Gasteiger partial charge in [0.25, 0.3) is 0 Å². The molecule has 0 aromatic heterocycles. The molecule has 0 spiro atoms. The average Bonchev–Trinajstić information content (AvgIpc) is 1.96. The molecule has 0 heterocycles. The van der Waals surface area contributed by atoms with Gasteiger partial charge in [-0.2, -0.15) is 0 Å². The molecular weight excluding hydrogens is 273 g/mol. The lowest BCUT2D eigenvalue weighted by molar-refractivity contribution is 0.900. The summed E-state index contributed by atoms with van der Waals surface area (Å²) in [7, 11) is 0. The van der Waals surface area contributed by atoms with E-state index in [-0.39, 0.29) is 0 Å². The lowest BCUT2D eigenvalue weighted by Crippen LogP contribution is -2.10. The van der Waals surface area contributed by atoms with Crippen LogP contribution in [-0.2, 0) is 0 Å². The number of nitrogens with one attached hydrogen (secondary N) is 1. The first-order valence-electron chi connectivity index (χ1n) is 3.92. The van der Waals surface area contributed by atoms with Crippen molar-refractivity contribution in [2.24, 2.45) is 0 Å². The van der Waals surface area contributed by atoms with E-state index in [9.17, 15) is 0 Å². The Hall–Kier alpha value is 0.0800. The van der Waals surface area contributed by atoms with Crippen LogP contribution in [0.2, 0.25) is 10.0 Å². The van der Waals surface area contributed by atoms with Crippen LogP contribution in [0.4, 0.5) is 5.69 Å². The number of rotatable bonds is 2. The van der Waals surface area contributed by atoms with Gasteiger partial charge in [0.15, 0.2) is 0 Å². The molecule has 0 aliphatic heterocycles. The van der Waals surface area contributed by atoms with Crippen LogP contribution >= 0.6 is 39.1 Å². The van der Waals surface area contributed by atoms with Crippen molar-refractivity contribution in [2.75, 3.05) is 5.32 Å². The predicted molar refractivity (Wildman–Crippen MR) is 62.9 cm³/mol. The normalized spacial score (nSPS) is 10.6. The molecule has 4 heteroatoms. The number of benzene rings is 1. The molecule has 0 saturated carbocycles. The maximum atomic E-state index is 6.00. The summed E-state index contributed by atoms with van der Waals surface area (Å²) in [5, 5.41) is 4.45. The molecule has 0 aliphatic carbocycles.